The highest BCUT2D eigenvalue weighted by Crippen LogP contribution is 1.85. The summed E-state index contributed by atoms with van der Waals surface area (Å²) in [7, 11) is 1.88. The molecule has 0 atom stereocenters. The standard InChI is InChI=1S/C12H25NO6/c1-13-3-5-17-7-9-19-11-10-18-8-6-16-4-2-12(14)15/h13H,2-11H2,1H3,(H,14,15). The van der Waals surface area contributed by atoms with Crippen LogP contribution in [0.5, 0.6) is 0 Å². The van der Waals surface area contributed by atoms with Gasteiger partial charge in [0.15, 0.2) is 0 Å². The molecule has 0 unspecified atom stereocenters. The van der Waals surface area contributed by atoms with Gasteiger partial charge in [-0.05, 0) is 7.05 Å². The first-order valence-corrected chi connectivity index (χ1v) is 6.44. The van der Waals surface area contributed by atoms with E-state index in [9.17, 15) is 4.79 Å². The maximum atomic E-state index is 10.2. The van der Waals surface area contributed by atoms with Crippen molar-refractivity contribution >= 4 is 5.97 Å². The number of ether oxygens (including phenoxy) is 4. The molecule has 0 fully saturated rings. The van der Waals surface area contributed by atoms with Gasteiger partial charge in [0, 0.05) is 6.54 Å². The highest BCUT2D eigenvalue weighted by atomic mass is 16.6. The van der Waals surface area contributed by atoms with E-state index in [4.69, 9.17) is 24.1 Å². The molecule has 0 aliphatic rings. The first kappa shape index (κ1) is 18.3. The summed E-state index contributed by atoms with van der Waals surface area (Å²) < 4.78 is 20.8. The van der Waals surface area contributed by atoms with Crippen LogP contribution in [0, 0.1) is 0 Å². The number of carboxylic acid groups (broad SMARTS) is 1. The minimum atomic E-state index is -0.855. The Balaban J connectivity index is 2.93. The van der Waals surface area contributed by atoms with Crippen molar-refractivity contribution in [1.82, 2.24) is 5.32 Å². The molecule has 19 heavy (non-hydrogen) atoms. The Hall–Kier alpha value is -0.730. The lowest BCUT2D eigenvalue weighted by atomic mass is 10.5. The van der Waals surface area contributed by atoms with E-state index >= 15 is 0 Å². The van der Waals surface area contributed by atoms with Crippen LogP contribution in [0.15, 0.2) is 0 Å². The number of nitrogens with one attached hydrogen (secondary N) is 1. The average molecular weight is 279 g/mol. The zero-order valence-corrected chi connectivity index (χ0v) is 11.6. The number of carboxylic acids is 1. The minimum Gasteiger partial charge on any atom is -0.481 e. The van der Waals surface area contributed by atoms with Crippen LogP contribution >= 0.6 is 0 Å². The number of hydrogen-bond acceptors (Lipinski definition) is 6. The molecular weight excluding hydrogens is 254 g/mol. The number of carbonyl (C=O) groups is 1. The lowest BCUT2D eigenvalue weighted by Gasteiger charge is -2.07. The number of hydrogen-bond donors (Lipinski definition) is 2. The average Bonchev–Trinajstić information content (AvgIpc) is 2.39. The second-order valence-corrected chi connectivity index (χ2v) is 3.70. The van der Waals surface area contributed by atoms with E-state index in [0.29, 0.717) is 46.2 Å². The molecule has 7 nitrogen and oxygen atoms in total. The molecule has 0 saturated carbocycles. The lowest BCUT2D eigenvalue weighted by molar-refractivity contribution is -0.138. The van der Waals surface area contributed by atoms with Gasteiger partial charge in [-0.15, -0.1) is 0 Å². The highest BCUT2D eigenvalue weighted by molar-refractivity contribution is 5.66. The molecule has 114 valence electrons. The summed E-state index contributed by atoms with van der Waals surface area (Å²) in [6.07, 6.45) is 0.0245. The van der Waals surface area contributed by atoms with Crippen molar-refractivity contribution in [3.05, 3.63) is 0 Å². The Morgan fingerprint density at radius 3 is 1.68 bits per heavy atom. The van der Waals surface area contributed by atoms with Crippen molar-refractivity contribution in [3.63, 3.8) is 0 Å². The van der Waals surface area contributed by atoms with Crippen molar-refractivity contribution in [1.29, 1.82) is 0 Å². The number of likely N-dealkylation sites (N-methyl/N-ethyl adjacent to an activating group) is 1. The van der Waals surface area contributed by atoms with Crippen LogP contribution in [-0.2, 0) is 23.7 Å². The molecule has 0 aromatic heterocycles. The van der Waals surface area contributed by atoms with E-state index in [-0.39, 0.29) is 13.0 Å². The Morgan fingerprint density at radius 1 is 0.842 bits per heavy atom. The summed E-state index contributed by atoms with van der Waals surface area (Å²) in [5.74, 6) is -0.855. The molecular formula is C12H25NO6. The van der Waals surface area contributed by atoms with Crippen LogP contribution in [-0.4, -0.2) is 77.5 Å². The summed E-state index contributed by atoms with van der Waals surface area (Å²) in [4.78, 5) is 10.2. The van der Waals surface area contributed by atoms with Crippen LogP contribution in [0.4, 0.5) is 0 Å². The molecule has 0 saturated heterocycles. The van der Waals surface area contributed by atoms with Crippen LogP contribution in [0.3, 0.4) is 0 Å². The van der Waals surface area contributed by atoms with Gasteiger partial charge >= 0.3 is 5.97 Å². The first-order chi connectivity index (χ1) is 9.27. The van der Waals surface area contributed by atoms with Gasteiger partial charge in [0.25, 0.3) is 0 Å². The Morgan fingerprint density at radius 2 is 1.26 bits per heavy atom. The maximum Gasteiger partial charge on any atom is 0.305 e. The smallest absolute Gasteiger partial charge is 0.305 e. The molecule has 0 radical (unpaired) electrons. The fourth-order valence-corrected chi connectivity index (χ4v) is 1.10. The molecule has 2 N–H and O–H groups in total. The van der Waals surface area contributed by atoms with Crippen LogP contribution < -0.4 is 5.32 Å². The summed E-state index contributed by atoms with van der Waals surface area (Å²) in [6, 6.07) is 0. The van der Waals surface area contributed by atoms with Gasteiger partial charge in [0.05, 0.1) is 59.3 Å². The molecule has 0 aliphatic heterocycles. The monoisotopic (exact) mass is 279 g/mol. The zero-order chi connectivity index (χ0) is 14.2. The fraction of sp³-hybridized carbons (Fsp3) is 0.917. The predicted octanol–water partition coefficient (Wildman–Crippen LogP) is -0.253. The normalized spacial score (nSPS) is 10.8. The van der Waals surface area contributed by atoms with E-state index in [2.05, 4.69) is 5.32 Å². The summed E-state index contributed by atoms with van der Waals surface area (Å²) >= 11 is 0. The van der Waals surface area contributed by atoms with Gasteiger partial charge in [-0.25, -0.2) is 0 Å². The second kappa shape index (κ2) is 15.3. The molecule has 0 spiro atoms. The molecule has 0 rings (SSSR count). The molecule has 7 heteroatoms. The van der Waals surface area contributed by atoms with E-state index in [1.807, 2.05) is 7.05 Å². The van der Waals surface area contributed by atoms with Crippen LogP contribution in [0.2, 0.25) is 0 Å². The van der Waals surface area contributed by atoms with Crippen molar-refractivity contribution < 1.29 is 28.8 Å². The Labute approximate surface area is 114 Å². The number of aliphatic carboxylic acids is 1. The van der Waals surface area contributed by atoms with Crippen molar-refractivity contribution in [2.45, 2.75) is 6.42 Å². The van der Waals surface area contributed by atoms with Crippen LogP contribution in [0.1, 0.15) is 6.42 Å². The molecule has 0 amide bonds. The zero-order valence-electron chi connectivity index (χ0n) is 11.6. The van der Waals surface area contributed by atoms with Crippen molar-refractivity contribution in [3.8, 4) is 0 Å². The topological polar surface area (TPSA) is 86.3 Å². The third kappa shape index (κ3) is 17.3. The molecule has 0 bridgehead atoms. The van der Waals surface area contributed by atoms with Gasteiger partial charge in [-0.3, -0.25) is 4.79 Å². The Bertz CT molecular complexity index is 203. The van der Waals surface area contributed by atoms with Gasteiger partial charge in [0.1, 0.15) is 0 Å². The van der Waals surface area contributed by atoms with E-state index in [1.165, 1.54) is 0 Å². The van der Waals surface area contributed by atoms with Gasteiger partial charge in [-0.1, -0.05) is 0 Å². The molecule has 0 aromatic carbocycles. The molecule has 0 aromatic rings. The van der Waals surface area contributed by atoms with E-state index in [1.54, 1.807) is 0 Å². The fourth-order valence-electron chi connectivity index (χ4n) is 1.10. The summed E-state index contributed by atoms with van der Waals surface area (Å²) in [5.41, 5.74) is 0. The van der Waals surface area contributed by atoms with E-state index in [0.717, 1.165) is 6.54 Å². The van der Waals surface area contributed by atoms with Gasteiger partial charge in [-0.2, -0.15) is 0 Å². The summed E-state index contributed by atoms with van der Waals surface area (Å²) in [6.45, 7) is 4.75. The lowest BCUT2D eigenvalue weighted by Crippen LogP contribution is -2.17. The van der Waals surface area contributed by atoms with Gasteiger partial charge in [0.2, 0.25) is 0 Å². The highest BCUT2D eigenvalue weighted by Gasteiger charge is 1.96. The third-order valence-corrected chi connectivity index (χ3v) is 2.07. The SMILES string of the molecule is CNCCOCCOCCOCCOCCC(=O)O. The van der Waals surface area contributed by atoms with Crippen LogP contribution in [0.25, 0.3) is 0 Å². The molecule has 0 heterocycles. The Kier molecular flexibility index (Phi) is 14.7. The van der Waals surface area contributed by atoms with Gasteiger partial charge < -0.3 is 29.4 Å². The van der Waals surface area contributed by atoms with E-state index < -0.39 is 5.97 Å². The quantitative estimate of drug-likeness (QED) is 0.400. The third-order valence-electron chi connectivity index (χ3n) is 2.07. The maximum absolute atomic E-state index is 10.2. The summed E-state index contributed by atoms with van der Waals surface area (Å²) in [5, 5.41) is 11.3. The largest absolute Gasteiger partial charge is 0.481 e. The second-order valence-electron chi connectivity index (χ2n) is 3.70. The van der Waals surface area contributed by atoms with Crippen molar-refractivity contribution in [2.24, 2.45) is 0 Å². The predicted molar refractivity (Wildman–Crippen MR) is 69.5 cm³/mol. The minimum absolute atomic E-state index is 0.0245. The number of rotatable bonds is 15. The van der Waals surface area contributed by atoms with Crippen molar-refractivity contribution in [2.75, 3.05) is 66.4 Å². The molecule has 0 aliphatic carbocycles. The first-order valence-electron chi connectivity index (χ1n) is 6.44.